The van der Waals surface area contributed by atoms with Gasteiger partial charge in [0, 0.05) is 5.54 Å². The van der Waals surface area contributed by atoms with Crippen molar-refractivity contribution in [2.45, 2.75) is 39.2 Å². The van der Waals surface area contributed by atoms with Crippen LogP contribution in [0.4, 0.5) is 0 Å². The first kappa shape index (κ1) is 9.97. The summed E-state index contributed by atoms with van der Waals surface area (Å²) in [6.07, 6.45) is 1.63. The van der Waals surface area contributed by atoms with Crippen LogP contribution >= 0.6 is 0 Å². The van der Waals surface area contributed by atoms with Crippen LogP contribution in [-0.2, 0) is 4.79 Å². The van der Waals surface area contributed by atoms with E-state index in [0.717, 1.165) is 12.8 Å². The van der Waals surface area contributed by atoms with Gasteiger partial charge >= 0.3 is 5.97 Å². The van der Waals surface area contributed by atoms with Crippen molar-refractivity contribution in [1.29, 1.82) is 0 Å². The fourth-order valence-electron chi connectivity index (χ4n) is 3.25. The van der Waals surface area contributed by atoms with E-state index < -0.39 is 11.5 Å². The van der Waals surface area contributed by atoms with E-state index in [4.69, 9.17) is 10.8 Å². The molecule has 14 heavy (non-hydrogen) atoms. The molecule has 2 aliphatic carbocycles. The lowest BCUT2D eigenvalue weighted by Gasteiger charge is -2.35. The number of carboxylic acids is 1. The first-order valence-corrected chi connectivity index (χ1v) is 5.28. The molecule has 4 atom stereocenters. The summed E-state index contributed by atoms with van der Waals surface area (Å²) in [5.74, 6) is 0.148. The Hall–Kier alpha value is -0.570. The fourth-order valence-corrected chi connectivity index (χ4v) is 3.25. The summed E-state index contributed by atoms with van der Waals surface area (Å²) in [6, 6.07) is 0. The highest BCUT2D eigenvalue weighted by molar-refractivity contribution is 5.72. The number of rotatable bonds is 1. The lowest BCUT2D eigenvalue weighted by Crippen LogP contribution is -2.50. The van der Waals surface area contributed by atoms with Gasteiger partial charge in [-0.1, -0.05) is 13.8 Å². The summed E-state index contributed by atoms with van der Waals surface area (Å²) in [4.78, 5) is 11.1. The molecule has 0 aromatic carbocycles. The van der Waals surface area contributed by atoms with Crippen LogP contribution in [0.3, 0.4) is 0 Å². The molecule has 0 saturated heterocycles. The van der Waals surface area contributed by atoms with Crippen LogP contribution in [-0.4, -0.2) is 16.6 Å². The Labute approximate surface area is 84.7 Å². The first-order chi connectivity index (χ1) is 6.27. The smallest absolute Gasteiger partial charge is 0.308 e. The Morgan fingerprint density at radius 2 is 1.93 bits per heavy atom. The van der Waals surface area contributed by atoms with Crippen LogP contribution in [0.1, 0.15) is 33.6 Å². The third kappa shape index (κ3) is 1.18. The molecule has 0 bridgehead atoms. The average Bonchev–Trinajstić information content (AvgIpc) is 2.49. The zero-order valence-corrected chi connectivity index (χ0v) is 9.08. The standard InChI is InChI=1S/C11H19NO2/c1-10(2)6-4-7(9(13)14)11(3,12)5-8(6)10/h6-8H,4-5,12H2,1-3H3,(H,13,14)/t6-,7+,8+,11+/m1/s1. The molecule has 0 aliphatic heterocycles. The molecular weight excluding hydrogens is 178 g/mol. The molecule has 0 heterocycles. The summed E-state index contributed by atoms with van der Waals surface area (Å²) in [5, 5.41) is 9.10. The molecule has 3 N–H and O–H groups in total. The van der Waals surface area contributed by atoms with Crippen molar-refractivity contribution in [3.63, 3.8) is 0 Å². The second-order valence-electron chi connectivity index (χ2n) is 5.87. The van der Waals surface area contributed by atoms with E-state index in [1.165, 1.54) is 0 Å². The molecule has 2 saturated carbocycles. The molecule has 0 spiro atoms. The van der Waals surface area contributed by atoms with Crippen molar-refractivity contribution in [3.05, 3.63) is 0 Å². The molecule has 0 aromatic heterocycles. The molecule has 0 aromatic rings. The molecule has 2 rings (SSSR count). The molecule has 80 valence electrons. The minimum atomic E-state index is -0.726. The second kappa shape index (κ2) is 2.51. The van der Waals surface area contributed by atoms with Crippen LogP contribution in [0, 0.1) is 23.2 Å². The SMILES string of the molecule is CC1(C)[C@@H]2C[C@@H](C(=O)O)[C@@](C)(N)C[C@@H]21. The highest BCUT2D eigenvalue weighted by Crippen LogP contribution is 2.67. The van der Waals surface area contributed by atoms with E-state index in [9.17, 15) is 4.79 Å². The quantitative estimate of drug-likeness (QED) is 0.669. The Bertz CT molecular complexity index is 283. The molecule has 3 heteroatoms. The third-order valence-corrected chi connectivity index (χ3v) is 4.53. The molecular formula is C11H19NO2. The predicted octanol–water partition coefficient (Wildman–Crippen LogP) is 1.47. The van der Waals surface area contributed by atoms with Crippen molar-refractivity contribution < 1.29 is 9.90 Å². The topological polar surface area (TPSA) is 63.3 Å². The number of nitrogens with two attached hydrogens (primary N) is 1. The van der Waals surface area contributed by atoms with Gasteiger partial charge in [0.1, 0.15) is 0 Å². The van der Waals surface area contributed by atoms with Gasteiger partial charge in [0.15, 0.2) is 0 Å². The number of hydrogen-bond acceptors (Lipinski definition) is 2. The van der Waals surface area contributed by atoms with E-state index >= 15 is 0 Å². The summed E-state index contributed by atoms with van der Waals surface area (Å²) in [5.41, 5.74) is 5.89. The maximum Gasteiger partial charge on any atom is 0.308 e. The van der Waals surface area contributed by atoms with Gasteiger partial charge < -0.3 is 10.8 Å². The number of carboxylic acid groups (broad SMARTS) is 1. The summed E-state index contributed by atoms with van der Waals surface area (Å²) < 4.78 is 0. The molecule has 3 nitrogen and oxygen atoms in total. The van der Waals surface area contributed by atoms with E-state index in [1.807, 2.05) is 6.92 Å². The number of aliphatic carboxylic acids is 1. The van der Waals surface area contributed by atoms with Gasteiger partial charge in [-0.2, -0.15) is 0 Å². The molecule has 0 unspecified atom stereocenters. The minimum Gasteiger partial charge on any atom is -0.481 e. The summed E-state index contributed by atoms with van der Waals surface area (Å²) in [7, 11) is 0. The van der Waals surface area contributed by atoms with Crippen molar-refractivity contribution in [3.8, 4) is 0 Å². The fraction of sp³-hybridized carbons (Fsp3) is 0.909. The van der Waals surface area contributed by atoms with Gasteiger partial charge in [0.05, 0.1) is 5.92 Å². The number of hydrogen-bond donors (Lipinski definition) is 2. The van der Waals surface area contributed by atoms with Gasteiger partial charge in [-0.25, -0.2) is 0 Å². The molecule has 2 aliphatic rings. The normalized spacial score (nSPS) is 49.6. The number of fused-ring (bicyclic) bond motifs is 1. The minimum absolute atomic E-state index is 0.324. The summed E-state index contributed by atoms with van der Waals surface area (Å²) in [6.45, 7) is 6.34. The van der Waals surface area contributed by atoms with Gasteiger partial charge in [0.25, 0.3) is 0 Å². The largest absolute Gasteiger partial charge is 0.481 e. The Balaban J connectivity index is 2.19. The van der Waals surface area contributed by atoms with Crippen molar-refractivity contribution >= 4 is 5.97 Å². The maximum absolute atomic E-state index is 11.1. The predicted molar refractivity (Wildman–Crippen MR) is 53.7 cm³/mol. The van der Waals surface area contributed by atoms with Gasteiger partial charge in [-0.05, 0) is 37.0 Å². The van der Waals surface area contributed by atoms with Crippen molar-refractivity contribution in [1.82, 2.24) is 0 Å². The van der Waals surface area contributed by atoms with Crippen LogP contribution in [0.2, 0.25) is 0 Å². The van der Waals surface area contributed by atoms with Crippen LogP contribution in [0.15, 0.2) is 0 Å². The van der Waals surface area contributed by atoms with Crippen LogP contribution in [0.5, 0.6) is 0 Å². The van der Waals surface area contributed by atoms with E-state index in [1.54, 1.807) is 0 Å². The lowest BCUT2D eigenvalue weighted by molar-refractivity contribution is -0.145. The molecule has 0 amide bonds. The highest BCUT2D eigenvalue weighted by atomic mass is 16.4. The van der Waals surface area contributed by atoms with Crippen LogP contribution < -0.4 is 5.73 Å². The Kier molecular flexibility index (Phi) is 1.79. The third-order valence-electron chi connectivity index (χ3n) is 4.53. The van der Waals surface area contributed by atoms with Crippen molar-refractivity contribution in [2.24, 2.45) is 28.9 Å². The van der Waals surface area contributed by atoms with Crippen LogP contribution in [0.25, 0.3) is 0 Å². The zero-order valence-electron chi connectivity index (χ0n) is 9.08. The monoisotopic (exact) mass is 197 g/mol. The van der Waals surface area contributed by atoms with Gasteiger partial charge in [0.2, 0.25) is 0 Å². The van der Waals surface area contributed by atoms with E-state index in [2.05, 4.69) is 13.8 Å². The zero-order chi connectivity index (χ0) is 10.7. The lowest BCUT2D eigenvalue weighted by atomic mass is 9.75. The van der Waals surface area contributed by atoms with Crippen molar-refractivity contribution in [2.75, 3.05) is 0 Å². The molecule has 0 radical (unpaired) electrons. The first-order valence-electron chi connectivity index (χ1n) is 5.28. The average molecular weight is 197 g/mol. The van der Waals surface area contributed by atoms with Gasteiger partial charge in [-0.15, -0.1) is 0 Å². The van der Waals surface area contributed by atoms with E-state index in [-0.39, 0.29) is 5.92 Å². The Morgan fingerprint density at radius 1 is 1.36 bits per heavy atom. The molecule has 2 fully saturated rings. The number of carbonyl (C=O) groups is 1. The maximum atomic E-state index is 11.1. The summed E-state index contributed by atoms with van der Waals surface area (Å²) >= 11 is 0. The van der Waals surface area contributed by atoms with E-state index in [0.29, 0.717) is 17.3 Å². The highest BCUT2D eigenvalue weighted by Gasteiger charge is 2.64. The Morgan fingerprint density at radius 3 is 2.43 bits per heavy atom. The van der Waals surface area contributed by atoms with Gasteiger partial charge in [-0.3, -0.25) is 4.79 Å². The second-order valence-corrected chi connectivity index (χ2v) is 5.87.